The SMILES string of the molecule is CC(C)C1CC(NCCCN(C(=O)OC(C)(C)C)C2CC2)C1. The van der Waals surface area contributed by atoms with Crippen LogP contribution in [0.25, 0.3) is 0 Å². The van der Waals surface area contributed by atoms with Crippen molar-refractivity contribution in [1.29, 1.82) is 0 Å². The van der Waals surface area contributed by atoms with Crippen molar-refractivity contribution in [3.8, 4) is 0 Å². The van der Waals surface area contributed by atoms with Crippen molar-refractivity contribution in [2.45, 2.75) is 84.4 Å². The molecule has 2 saturated carbocycles. The monoisotopic (exact) mass is 310 g/mol. The lowest BCUT2D eigenvalue weighted by Gasteiger charge is -2.38. The fourth-order valence-corrected chi connectivity index (χ4v) is 3.06. The molecule has 2 aliphatic carbocycles. The molecule has 2 aliphatic rings. The van der Waals surface area contributed by atoms with Crippen molar-refractivity contribution in [2.75, 3.05) is 13.1 Å². The second-order valence-corrected chi connectivity index (χ2v) is 8.39. The van der Waals surface area contributed by atoms with E-state index < -0.39 is 5.60 Å². The van der Waals surface area contributed by atoms with Crippen molar-refractivity contribution in [2.24, 2.45) is 11.8 Å². The Bertz CT molecular complexity index is 366. The number of amides is 1. The number of nitrogens with one attached hydrogen (secondary N) is 1. The van der Waals surface area contributed by atoms with Gasteiger partial charge in [0.15, 0.2) is 0 Å². The molecule has 0 atom stereocenters. The van der Waals surface area contributed by atoms with Crippen LogP contribution in [0, 0.1) is 11.8 Å². The molecule has 4 nitrogen and oxygen atoms in total. The van der Waals surface area contributed by atoms with Gasteiger partial charge < -0.3 is 15.0 Å². The highest BCUT2D eigenvalue weighted by molar-refractivity contribution is 5.69. The molecule has 2 fully saturated rings. The normalized spacial score (nSPS) is 25.0. The summed E-state index contributed by atoms with van der Waals surface area (Å²) >= 11 is 0. The fourth-order valence-electron chi connectivity index (χ4n) is 3.06. The Balaban J connectivity index is 1.62. The van der Waals surface area contributed by atoms with Gasteiger partial charge in [0.25, 0.3) is 0 Å². The van der Waals surface area contributed by atoms with E-state index in [1.54, 1.807) is 0 Å². The smallest absolute Gasteiger partial charge is 0.410 e. The van der Waals surface area contributed by atoms with Crippen molar-refractivity contribution in [3.63, 3.8) is 0 Å². The number of ether oxygens (including phenoxy) is 1. The maximum Gasteiger partial charge on any atom is 0.410 e. The van der Waals surface area contributed by atoms with Crippen LogP contribution in [0.3, 0.4) is 0 Å². The molecule has 0 spiro atoms. The summed E-state index contributed by atoms with van der Waals surface area (Å²) < 4.78 is 5.52. The zero-order valence-corrected chi connectivity index (χ0v) is 15.0. The first kappa shape index (κ1) is 17.6. The van der Waals surface area contributed by atoms with Crippen LogP contribution in [-0.2, 0) is 4.74 Å². The Morgan fingerprint density at radius 1 is 1.27 bits per heavy atom. The van der Waals surface area contributed by atoms with Crippen LogP contribution in [0.4, 0.5) is 4.79 Å². The highest BCUT2D eigenvalue weighted by atomic mass is 16.6. The topological polar surface area (TPSA) is 41.6 Å². The van der Waals surface area contributed by atoms with E-state index >= 15 is 0 Å². The van der Waals surface area contributed by atoms with Gasteiger partial charge in [-0.05, 0) is 71.3 Å². The number of hydrogen-bond donors (Lipinski definition) is 1. The van der Waals surface area contributed by atoms with Crippen LogP contribution in [0.2, 0.25) is 0 Å². The number of nitrogens with zero attached hydrogens (tertiary/aromatic N) is 1. The predicted octanol–water partition coefficient (Wildman–Crippen LogP) is 3.80. The van der Waals surface area contributed by atoms with Gasteiger partial charge in [-0.1, -0.05) is 13.8 Å². The number of carbonyl (C=O) groups is 1. The molecule has 0 heterocycles. The summed E-state index contributed by atoms with van der Waals surface area (Å²) in [6, 6.07) is 1.12. The van der Waals surface area contributed by atoms with E-state index in [4.69, 9.17) is 4.74 Å². The van der Waals surface area contributed by atoms with Gasteiger partial charge in [-0.3, -0.25) is 0 Å². The molecule has 0 radical (unpaired) electrons. The van der Waals surface area contributed by atoms with Crippen molar-refractivity contribution in [3.05, 3.63) is 0 Å². The third kappa shape index (κ3) is 5.45. The Hall–Kier alpha value is -0.770. The summed E-state index contributed by atoms with van der Waals surface area (Å²) in [5, 5.41) is 3.63. The van der Waals surface area contributed by atoms with Gasteiger partial charge in [0.05, 0.1) is 0 Å². The average Bonchev–Trinajstić information content (AvgIpc) is 3.12. The van der Waals surface area contributed by atoms with Crippen molar-refractivity contribution in [1.82, 2.24) is 10.2 Å². The van der Waals surface area contributed by atoms with Crippen LogP contribution >= 0.6 is 0 Å². The van der Waals surface area contributed by atoms with Gasteiger partial charge >= 0.3 is 6.09 Å². The molecule has 1 amide bonds. The maximum absolute atomic E-state index is 12.2. The van der Waals surface area contributed by atoms with Crippen molar-refractivity contribution >= 4 is 6.09 Å². The average molecular weight is 310 g/mol. The quantitative estimate of drug-likeness (QED) is 0.727. The van der Waals surface area contributed by atoms with Gasteiger partial charge in [0, 0.05) is 18.6 Å². The van der Waals surface area contributed by atoms with Crippen LogP contribution in [0.15, 0.2) is 0 Å². The van der Waals surface area contributed by atoms with Gasteiger partial charge in [0.2, 0.25) is 0 Å². The molecule has 128 valence electrons. The number of hydrogen-bond acceptors (Lipinski definition) is 3. The molecule has 4 heteroatoms. The molecule has 0 saturated heterocycles. The lowest BCUT2D eigenvalue weighted by molar-refractivity contribution is 0.0231. The first-order valence-corrected chi connectivity index (χ1v) is 8.99. The minimum absolute atomic E-state index is 0.140. The molecule has 22 heavy (non-hydrogen) atoms. The largest absolute Gasteiger partial charge is 0.444 e. The van der Waals surface area contributed by atoms with E-state index in [1.807, 2.05) is 25.7 Å². The molecule has 1 N–H and O–H groups in total. The lowest BCUT2D eigenvalue weighted by atomic mass is 9.74. The van der Waals surface area contributed by atoms with Crippen LogP contribution in [0.5, 0.6) is 0 Å². The van der Waals surface area contributed by atoms with E-state index in [0.29, 0.717) is 12.1 Å². The Labute approximate surface area is 136 Å². The van der Waals surface area contributed by atoms with Crippen LogP contribution in [0.1, 0.15) is 66.7 Å². The zero-order chi connectivity index (χ0) is 16.3. The molecule has 0 aromatic carbocycles. The van der Waals surface area contributed by atoms with E-state index in [0.717, 1.165) is 44.2 Å². The Morgan fingerprint density at radius 2 is 1.91 bits per heavy atom. The molecular weight excluding hydrogens is 276 g/mol. The minimum Gasteiger partial charge on any atom is -0.444 e. The van der Waals surface area contributed by atoms with Crippen LogP contribution < -0.4 is 5.32 Å². The molecule has 0 aliphatic heterocycles. The van der Waals surface area contributed by atoms with E-state index in [-0.39, 0.29) is 6.09 Å². The summed E-state index contributed by atoms with van der Waals surface area (Å²) in [5.74, 6) is 1.72. The fraction of sp³-hybridized carbons (Fsp3) is 0.944. The minimum atomic E-state index is -0.403. The van der Waals surface area contributed by atoms with Gasteiger partial charge in [0.1, 0.15) is 5.60 Å². The van der Waals surface area contributed by atoms with E-state index in [1.165, 1.54) is 12.8 Å². The summed E-state index contributed by atoms with van der Waals surface area (Å²) in [6.45, 7) is 12.2. The second kappa shape index (κ2) is 7.20. The molecule has 0 bridgehead atoms. The molecule has 0 aromatic rings. The van der Waals surface area contributed by atoms with Crippen molar-refractivity contribution < 1.29 is 9.53 Å². The maximum atomic E-state index is 12.2. The third-order valence-electron chi connectivity index (χ3n) is 4.74. The molecule has 0 aromatic heterocycles. The highest BCUT2D eigenvalue weighted by Crippen LogP contribution is 2.33. The first-order valence-electron chi connectivity index (χ1n) is 8.99. The summed E-state index contributed by atoms with van der Waals surface area (Å²) in [4.78, 5) is 14.2. The first-order chi connectivity index (χ1) is 10.3. The van der Waals surface area contributed by atoms with Gasteiger partial charge in [-0.25, -0.2) is 4.79 Å². The summed E-state index contributed by atoms with van der Waals surface area (Å²) in [6.07, 6.45) is 5.76. The standard InChI is InChI=1S/C18H34N2O2/c1-13(2)14-11-15(12-14)19-9-6-10-20(16-7-8-16)17(21)22-18(3,4)5/h13-16,19H,6-12H2,1-5H3. The van der Waals surface area contributed by atoms with E-state index in [9.17, 15) is 4.79 Å². The second-order valence-electron chi connectivity index (χ2n) is 8.39. The molecule has 0 unspecified atom stereocenters. The van der Waals surface area contributed by atoms with E-state index in [2.05, 4.69) is 19.2 Å². The number of rotatable bonds is 7. The zero-order valence-electron chi connectivity index (χ0n) is 15.0. The third-order valence-corrected chi connectivity index (χ3v) is 4.74. The lowest BCUT2D eigenvalue weighted by Crippen LogP contribution is -2.44. The Kier molecular flexibility index (Phi) is 5.76. The van der Waals surface area contributed by atoms with Gasteiger partial charge in [-0.2, -0.15) is 0 Å². The van der Waals surface area contributed by atoms with Gasteiger partial charge in [-0.15, -0.1) is 0 Å². The molecule has 2 rings (SSSR count). The highest BCUT2D eigenvalue weighted by Gasteiger charge is 2.35. The summed E-state index contributed by atoms with van der Waals surface area (Å²) in [5.41, 5.74) is -0.403. The summed E-state index contributed by atoms with van der Waals surface area (Å²) in [7, 11) is 0. The predicted molar refractivity (Wildman–Crippen MR) is 89.9 cm³/mol. The Morgan fingerprint density at radius 3 is 2.41 bits per heavy atom. The molecular formula is C18H34N2O2. The number of carbonyl (C=O) groups excluding carboxylic acids is 1. The van der Waals surface area contributed by atoms with Crippen LogP contribution in [-0.4, -0.2) is 41.8 Å².